The maximum atomic E-state index is 12.5. The summed E-state index contributed by atoms with van der Waals surface area (Å²) in [5.74, 6) is 1.25. The summed E-state index contributed by atoms with van der Waals surface area (Å²) in [6, 6.07) is 3.93. The molecule has 7 heteroatoms. The Balaban J connectivity index is 2.00. The van der Waals surface area contributed by atoms with Crippen LogP contribution in [0.1, 0.15) is 47.5 Å². The Morgan fingerprint density at radius 3 is 2.38 bits per heavy atom. The van der Waals surface area contributed by atoms with Gasteiger partial charge in [-0.25, -0.2) is 4.79 Å². The van der Waals surface area contributed by atoms with E-state index in [1.54, 1.807) is 6.07 Å². The van der Waals surface area contributed by atoms with Gasteiger partial charge in [-0.1, -0.05) is 0 Å². The highest BCUT2D eigenvalue weighted by molar-refractivity contribution is 5.69. The Morgan fingerprint density at radius 1 is 1.29 bits per heavy atom. The standard InChI is InChI=1S/C17H29N5O2/c1-12(2)22(16(23)24-17(3,4)5)13-8-10-21(11-9-13)15-7-6-14(18)19-20-15/h6-7,12-13H,8-11H2,1-5H3,(H2,18,19). The van der Waals surface area contributed by atoms with Gasteiger partial charge in [0.1, 0.15) is 11.4 Å². The first kappa shape index (κ1) is 18.3. The van der Waals surface area contributed by atoms with Gasteiger partial charge in [-0.2, -0.15) is 0 Å². The molecule has 134 valence electrons. The second-order valence-electron chi connectivity index (χ2n) is 7.52. The number of nitrogens with zero attached hydrogens (tertiary/aromatic N) is 4. The van der Waals surface area contributed by atoms with Gasteiger partial charge in [-0.3, -0.25) is 0 Å². The summed E-state index contributed by atoms with van der Waals surface area (Å²) in [4.78, 5) is 16.6. The number of aromatic nitrogens is 2. The number of rotatable bonds is 3. The number of carbonyl (C=O) groups is 1. The number of anilines is 2. The minimum absolute atomic E-state index is 0.104. The molecule has 2 heterocycles. The minimum Gasteiger partial charge on any atom is -0.444 e. The van der Waals surface area contributed by atoms with Gasteiger partial charge in [-0.15, -0.1) is 10.2 Å². The van der Waals surface area contributed by atoms with E-state index >= 15 is 0 Å². The van der Waals surface area contributed by atoms with E-state index in [1.807, 2.05) is 45.6 Å². The van der Waals surface area contributed by atoms with Crippen LogP contribution >= 0.6 is 0 Å². The second kappa shape index (κ2) is 7.23. The van der Waals surface area contributed by atoms with Crippen molar-refractivity contribution in [1.29, 1.82) is 0 Å². The van der Waals surface area contributed by atoms with Gasteiger partial charge in [0, 0.05) is 25.2 Å². The van der Waals surface area contributed by atoms with Gasteiger partial charge in [0.15, 0.2) is 5.82 Å². The van der Waals surface area contributed by atoms with Gasteiger partial charge in [-0.05, 0) is 59.6 Å². The molecule has 1 amide bonds. The number of hydrogen-bond acceptors (Lipinski definition) is 6. The third-order valence-corrected chi connectivity index (χ3v) is 4.01. The number of ether oxygens (including phenoxy) is 1. The summed E-state index contributed by atoms with van der Waals surface area (Å²) in [6.45, 7) is 11.4. The second-order valence-corrected chi connectivity index (χ2v) is 7.52. The molecule has 7 nitrogen and oxygen atoms in total. The summed E-state index contributed by atoms with van der Waals surface area (Å²) >= 11 is 0. The maximum Gasteiger partial charge on any atom is 0.410 e. The van der Waals surface area contributed by atoms with Crippen molar-refractivity contribution >= 4 is 17.7 Å². The average molecular weight is 335 g/mol. The molecule has 1 aromatic heterocycles. The van der Waals surface area contributed by atoms with Crippen molar-refractivity contribution in [3.8, 4) is 0 Å². The SMILES string of the molecule is CC(C)N(C(=O)OC(C)(C)C)C1CCN(c2ccc(N)nn2)CC1. The van der Waals surface area contributed by atoms with Gasteiger partial charge >= 0.3 is 6.09 Å². The first-order valence-corrected chi connectivity index (χ1v) is 8.53. The van der Waals surface area contributed by atoms with Gasteiger partial charge in [0.25, 0.3) is 0 Å². The molecular weight excluding hydrogens is 306 g/mol. The zero-order chi connectivity index (χ0) is 17.9. The lowest BCUT2D eigenvalue weighted by molar-refractivity contribution is 0.00572. The molecule has 0 atom stereocenters. The van der Waals surface area contributed by atoms with Crippen LogP contribution in [0.3, 0.4) is 0 Å². The van der Waals surface area contributed by atoms with E-state index < -0.39 is 5.60 Å². The first-order chi connectivity index (χ1) is 11.2. The van der Waals surface area contributed by atoms with Crippen LogP contribution in [0, 0.1) is 0 Å². The molecule has 0 saturated carbocycles. The highest BCUT2D eigenvalue weighted by Crippen LogP contribution is 2.24. The zero-order valence-electron chi connectivity index (χ0n) is 15.3. The van der Waals surface area contributed by atoms with E-state index in [2.05, 4.69) is 15.1 Å². The molecular formula is C17H29N5O2. The number of piperidine rings is 1. The Hall–Kier alpha value is -2.05. The molecule has 0 aliphatic carbocycles. The highest BCUT2D eigenvalue weighted by Gasteiger charge is 2.33. The van der Waals surface area contributed by atoms with Crippen molar-refractivity contribution in [1.82, 2.24) is 15.1 Å². The number of nitrogen functional groups attached to an aromatic ring is 1. The molecule has 1 aliphatic rings. The van der Waals surface area contributed by atoms with Gasteiger partial charge in [0.2, 0.25) is 0 Å². The van der Waals surface area contributed by atoms with E-state index in [-0.39, 0.29) is 18.2 Å². The predicted molar refractivity (Wildman–Crippen MR) is 94.9 cm³/mol. The van der Waals surface area contributed by atoms with E-state index in [0.717, 1.165) is 31.7 Å². The fourth-order valence-electron chi connectivity index (χ4n) is 2.97. The van der Waals surface area contributed by atoms with E-state index in [0.29, 0.717) is 5.82 Å². The Kier molecular flexibility index (Phi) is 5.51. The topological polar surface area (TPSA) is 84.6 Å². The quantitative estimate of drug-likeness (QED) is 0.914. The summed E-state index contributed by atoms with van der Waals surface area (Å²) in [5.41, 5.74) is 5.10. The number of nitrogens with two attached hydrogens (primary N) is 1. The lowest BCUT2D eigenvalue weighted by Crippen LogP contribution is -2.51. The first-order valence-electron chi connectivity index (χ1n) is 8.53. The van der Waals surface area contributed by atoms with Crippen molar-refractivity contribution in [2.75, 3.05) is 23.7 Å². The van der Waals surface area contributed by atoms with Crippen LogP contribution in [-0.4, -0.2) is 52.0 Å². The fourth-order valence-corrected chi connectivity index (χ4v) is 2.97. The van der Waals surface area contributed by atoms with Crippen molar-refractivity contribution in [2.24, 2.45) is 0 Å². The molecule has 0 unspecified atom stereocenters. The summed E-state index contributed by atoms with van der Waals surface area (Å²) in [5, 5.41) is 8.04. The van der Waals surface area contributed by atoms with Gasteiger partial charge in [0.05, 0.1) is 0 Å². The van der Waals surface area contributed by atoms with Crippen LogP contribution < -0.4 is 10.6 Å². The predicted octanol–water partition coefficient (Wildman–Crippen LogP) is 2.67. The van der Waals surface area contributed by atoms with E-state index in [1.165, 1.54) is 0 Å². The van der Waals surface area contributed by atoms with Crippen LogP contribution in [0.2, 0.25) is 0 Å². The third kappa shape index (κ3) is 4.72. The molecule has 2 N–H and O–H groups in total. The van der Waals surface area contributed by atoms with Crippen molar-refractivity contribution in [3.05, 3.63) is 12.1 Å². The van der Waals surface area contributed by atoms with Gasteiger partial charge < -0.3 is 20.3 Å². The zero-order valence-corrected chi connectivity index (χ0v) is 15.3. The van der Waals surface area contributed by atoms with E-state index in [9.17, 15) is 4.79 Å². The molecule has 24 heavy (non-hydrogen) atoms. The smallest absolute Gasteiger partial charge is 0.410 e. The summed E-state index contributed by atoms with van der Waals surface area (Å²) in [7, 11) is 0. The normalized spacial score (nSPS) is 16.3. The van der Waals surface area contributed by atoms with Crippen LogP contribution in [0.25, 0.3) is 0 Å². The molecule has 2 rings (SSSR count). The molecule has 1 fully saturated rings. The number of carbonyl (C=O) groups excluding carboxylic acids is 1. The Labute approximate surface area is 144 Å². The molecule has 1 aliphatic heterocycles. The van der Waals surface area contributed by atoms with Crippen molar-refractivity contribution in [3.63, 3.8) is 0 Å². The number of hydrogen-bond donors (Lipinski definition) is 1. The minimum atomic E-state index is -0.482. The monoisotopic (exact) mass is 335 g/mol. The van der Waals surface area contributed by atoms with E-state index in [4.69, 9.17) is 10.5 Å². The van der Waals surface area contributed by atoms with Crippen molar-refractivity contribution in [2.45, 2.75) is 65.1 Å². The summed E-state index contributed by atoms with van der Waals surface area (Å²) < 4.78 is 5.58. The molecule has 0 aromatic carbocycles. The van der Waals surface area contributed by atoms with Crippen molar-refractivity contribution < 1.29 is 9.53 Å². The third-order valence-electron chi connectivity index (χ3n) is 4.01. The maximum absolute atomic E-state index is 12.5. The van der Waals surface area contributed by atoms with Crippen LogP contribution in [0.5, 0.6) is 0 Å². The van der Waals surface area contributed by atoms with Crippen LogP contribution in [0.4, 0.5) is 16.4 Å². The summed E-state index contributed by atoms with van der Waals surface area (Å²) in [6.07, 6.45) is 1.52. The fraction of sp³-hybridized carbons (Fsp3) is 0.706. The number of amides is 1. The molecule has 0 radical (unpaired) electrons. The van der Waals surface area contributed by atoms with Crippen LogP contribution in [-0.2, 0) is 4.74 Å². The largest absolute Gasteiger partial charge is 0.444 e. The average Bonchev–Trinajstić information content (AvgIpc) is 2.47. The highest BCUT2D eigenvalue weighted by atomic mass is 16.6. The molecule has 1 aromatic rings. The molecule has 1 saturated heterocycles. The lowest BCUT2D eigenvalue weighted by atomic mass is 10.0. The molecule has 0 spiro atoms. The Bertz CT molecular complexity index is 545. The van der Waals surface area contributed by atoms with Crippen LogP contribution in [0.15, 0.2) is 12.1 Å². The Morgan fingerprint density at radius 2 is 1.92 bits per heavy atom. The molecule has 0 bridgehead atoms. The lowest BCUT2D eigenvalue weighted by Gasteiger charge is -2.41.